The molecule has 1 aliphatic heterocycles. The average Bonchev–Trinajstić information content (AvgIpc) is 2.40. The molecule has 20 heavy (non-hydrogen) atoms. The molecule has 0 radical (unpaired) electrons. The first-order valence-corrected chi connectivity index (χ1v) is 8.27. The van der Waals surface area contributed by atoms with Gasteiger partial charge < -0.3 is 5.73 Å². The van der Waals surface area contributed by atoms with E-state index in [2.05, 4.69) is 25.8 Å². The normalized spacial score (nSPS) is 25.9. The van der Waals surface area contributed by atoms with Crippen LogP contribution in [0.3, 0.4) is 0 Å². The first-order valence-electron chi connectivity index (χ1n) is 7.11. The van der Waals surface area contributed by atoms with Crippen molar-refractivity contribution in [3.63, 3.8) is 0 Å². The van der Waals surface area contributed by atoms with Gasteiger partial charge in [-0.2, -0.15) is 11.8 Å². The first-order chi connectivity index (χ1) is 9.38. The summed E-state index contributed by atoms with van der Waals surface area (Å²) in [6.07, 6.45) is 1.06. The van der Waals surface area contributed by atoms with Crippen LogP contribution in [0, 0.1) is 11.2 Å². The van der Waals surface area contributed by atoms with Gasteiger partial charge in [0, 0.05) is 29.9 Å². The number of benzene rings is 1. The summed E-state index contributed by atoms with van der Waals surface area (Å²) in [4.78, 5) is 2.25. The van der Waals surface area contributed by atoms with Crippen molar-refractivity contribution in [2.75, 3.05) is 25.1 Å². The minimum atomic E-state index is -0.130. The number of nitrogens with two attached hydrogens (primary N) is 1. The molecule has 0 aliphatic carbocycles. The van der Waals surface area contributed by atoms with Gasteiger partial charge in [-0.1, -0.05) is 32.0 Å². The number of hydrogen-bond acceptors (Lipinski definition) is 3. The van der Waals surface area contributed by atoms with Crippen molar-refractivity contribution in [1.82, 2.24) is 4.90 Å². The van der Waals surface area contributed by atoms with Gasteiger partial charge in [-0.15, -0.1) is 0 Å². The van der Waals surface area contributed by atoms with Gasteiger partial charge in [0.25, 0.3) is 0 Å². The molecule has 2 nitrogen and oxygen atoms in total. The van der Waals surface area contributed by atoms with Gasteiger partial charge in [0.15, 0.2) is 0 Å². The number of halogens is 1. The molecule has 0 amide bonds. The first kappa shape index (κ1) is 15.8. The monoisotopic (exact) mass is 296 g/mol. The fourth-order valence-corrected chi connectivity index (χ4v) is 4.67. The van der Waals surface area contributed by atoms with Crippen LogP contribution >= 0.6 is 11.8 Å². The zero-order valence-electron chi connectivity index (χ0n) is 12.7. The van der Waals surface area contributed by atoms with E-state index in [-0.39, 0.29) is 16.8 Å². The minimum absolute atomic E-state index is 0.0330. The van der Waals surface area contributed by atoms with E-state index < -0.39 is 0 Å². The summed E-state index contributed by atoms with van der Waals surface area (Å²) in [5.74, 6) is 2.06. The van der Waals surface area contributed by atoms with Crippen LogP contribution in [0.1, 0.15) is 25.8 Å². The molecule has 1 heterocycles. The molecule has 4 heteroatoms. The smallest absolute Gasteiger partial charge is 0.127 e. The third-order valence-electron chi connectivity index (χ3n) is 4.23. The van der Waals surface area contributed by atoms with Crippen LogP contribution in [0.5, 0.6) is 0 Å². The van der Waals surface area contributed by atoms with Crippen LogP contribution in [0.4, 0.5) is 4.39 Å². The van der Waals surface area contributed by atoms with Crippen molar-refractivity contribution in [2.45, 2.75) is 32.4 Å². The lowest BCUT2D eigenvalue weighted by Gasteiger charge is -2.49. The summed E-state index contributed by atoms with van der Waals surface area (Å²) in [6, 6.07) is 7.01. The Labute approximate surface area is 125 Å². The second kappa shape index (κ2) is 6.04. The fourth-order valence-electron chi connectivity index (χ4n) is 3.09. The van der Waals surface area contributed by atoms with E-state index in [0.29, 0.717) is 13.1 Å². The Hall–Kier alpha value is -0.580. The maximum atomic E-state index is 13.8. The van der Waals surface area contributed by atoms with E-state index in [4.69, 9.17) is 5.73 Å². The van der Waals surface area contributed by atoms with Crippen LogP contribution in [-0.2, 0) is 6.54 Å². The number of thioether (sulfide) groups is 1. The van der Waals surface area contributed by atoms with Crippen molar-refractivity contribution < 1.29 is 4.39 Å². The largest absolute Gasteiger partial charge is 0.329 e. The number of rotatable bonds is 4. The van der Waals surface area contributed by atoms with E-state index in [0.717, 1.165) is 17.7 Å². The summed E-state index contributed by atoms with van der Waals surface area (Å²) in [5, 5.41) is 0. The van der Waals surface area contributed by atoms with Crippen molar-refractivity contribution >= 4 is 11.8 Å². The molecule has 2 N–H and O–H groups in total. The van der Waals surface area contributed by atoms with Crippen LogP contribution in [0.2, 0.25) is 0 Å². The maximum absolute atomic E-state index is 13.8. The Morgan fingerprint density at radius 3 is 2.60 bits per heavy atom. The molecule has 0 bridgehead atoms. The van der Waals surface area contributed by atoms with Crippen LogP contribution in [0.25, 0.3) is 0 Å². The second-order valence-corrected chi connectivity index (χ2v) is 7.70. The Kier molecular flexibility index (Phi) is 4.77. The Balaban J connectivity index is 2.17. The van der Waals surface area contributed by atoms with E-state index >= 15 is 0 Å². The van der Waals surface area contributed by atoms with E-state index in [1.807, 2.05) is 23.9 Å². The molecule has 2 rings (SSSR count). The molecule has 1 fully saturated rings. The summed E-state index contributed by atoms with van der Waals surface area (Å²) in [5.41, 5.74) is 7.10. The average molecular weight is 296 g/mol. The van der Waals surface area contributed by atoms with Crippen LogP contribution in [-0.4, -0.2) is 35.5 Å². The molecule has 1 aliphatic rings. The fraction of sp³-hybridized carbons (Fsp3) is 0.625. The molecular weight excluding hydrogens is 271 g/mol. The molecule has 1 saturated heterocycles. The Bertz CT molecular complexity index is 464. The molecule has 1 aromatic rings. The standard InChI is InChI=1S/C16H25FN2S/c1-15(2)9-16(10-18,12-20-11-15)19(3)8-13-6-4-5-7-14(13)17/h4-7H,8-12,18H2,1-3H3. The highest BCUT2D eigenvalue weighted by Crippen LogP contribution is 2.41. The van der Waals surface area contributed by atoms with Crippen molar-refractivity contribution in [3.8, 4) is 0 Å². The van der Waals surface area contributed by atoms with E-state index in [1.165, 1.54) is 11.8 Å². The van der Waals surface area contributed by atoms with E-state index in [1.54, 1.807) is 6.07 Å². The molecular formula is C16H25FN2S. The SMILES string of the molecule is CN(Cc1ccccc1F)C1(CN)CSCC(C)(C)C1. The quantitative estimate of drug-likeness (QED) is 0.925. The topological polar surface area (TPSA) is 29.3 Å². The summed E-state index contributed by atoms with van der Waals surface area (Å²) < 4.78 is 13.8. The van der Waals surface area contributed by atoms with Gasteiger partial charge in [0.2, 0.25) is 0 Å². The summed E-state index contributed by atoms with van der Waals surface area (Å²) >= 11 is 1.96. The molecule has 1 atom stereocenters. The highest BCUT2D eigenvalue weighted by molar-refractivity contribution is 7.99. The second-order valence-electron chi connectivity index (χ2n) is 6.71. The summed E-state index contributed by atoms with van der Waals surface area (Å²) in [6.45, 7) is 5.82. The summed E-state index contributed by atoms with van der Waals surface area (Å²) in [7, 11) is 2.07. The highest BCUT2D eigenvalue weighted by Gasteiger charge is 2.42. The van der Waals surface area contributed by atoms with Gasteiger partial charge >= 0.3 is 0 Å². The Morgan fingerprint density at radius 2 is 2.00 bits per heavy atom. The van der Waals surface area contributed by atoms with Gasteiger partial charge in [-0.25, -0.2) is 4.39 Å². The number of likely N-dealkylation sites (N-methyl/N-ethyl adjacent to an activating group) is 1. The predicted octanol–water partition coefficient (Wildman–Crippen LogP) is 3.12. The minimum Gasteiger partial charge on any atom is -0.329 e. The van der Waals surface area contributed by atoms with Crippen molar-refractivity contribution in [1.29, 1.82) is 0 Å². The molecule has 0 aromatic heterocycles. The van der Waals surface area contributed by atoms with Crippen LogP contribution in [0.15, 0.2) is 24.3 Å². The lowest BCUT2D eigenvalue weighted by Crippen LogP contribution is -2.58. The maximum Gasteiger partial charge on any atom is 0.127 e. The van der Waals surface area contributed by atoms with Gasteiger partial charge in [0.1, 0.15) is 5.82 Å². The number of nitrogens with zero attached hydrogens (tertiary/aromatic N) is 1. The van der Waals surface area contributed by atoms with Gasteiger partial charge in [-0.05, 0) is 30.7 Å². The number of hydrogen-bond donors (Lipinski definition) is 1. The molecule has 0 spiro atoms. The van der Waals surface area contributed by atoms with Gasteiger partial charge in [-0.3, -0.25) is 4.90 Å². The lowest BCUT2D eigenvalue weighted by atomic mass is 9.79. The zero-order valence-corrected chi connectivity index (χ0v) is 13.5. The third-order valence-corrected chi connectivity index (χ3v) is 5.95. The van der Waals surface area contributed by atoms with E-state index in [9.17, 15) is 4.39 Å². The lowest BCUT2D eigenvalue weighted by molar-refractivity contribution is 0.0860. The molecule has 1 aromatic carbocycles. The Morgan fingerprint density at radius 1 is 1.30 bits per heavy atom. The molecule has 1 unspecified atom stereocenters. The molecule has 0 saturated carbocycles. The molecule has 112 valence electrons. The van der Waals surface area contributed by atoms with Gasteiger partial charge in [0.05, 0.1) is 0 Å². The van der Waals surface area contributed by atoms with Crippen LogP contribution < -0.4 is 5.73 Å². The van der Waals surface area contributed by atoms with Crippen molar-refractivity contribution in [2.24, 2.45) is 11.1 Å². The predicted molar refractivity (Wildman–Crippen MR) is 85.4 cm³/mol. The van der Waals surface area contributed by atoms with Crippen molar-refractivity contribution in [3.05, 3.63) is 35.6 Å². The zero-order chi connectivity index (χ0) is 14.8. The highest BCUT2D eigenvalue weighted by atomic mass is 32.2. The third kappa shape index (κ3) is 3.35.